The molecule has 2 rings (SSSR count). The molecule has 412 valence electrons. The zero-order valence-corrected chi connectivity index (χ0v) is 43.6. The Kier molecular flexibility index (Phi) is 35.0. The highest BCUT2D eigenvalue weighted by atomic mass is 31.2. The Balaban J connectivity index is 1.95. The summed E-state index contributed by atoms with van der Waals surface area (Å²) in [5.41, 5.74) is 0. The lowest BCUT2D eigenvalue weighted by atomic mass is 9.84. The topological polar surface area (TPSA) is 289 Å². The van der Waals surface area contributed by atoms with Gasteiger partial charge < -0.3 is 64.7 Å². The predicted octanol–water partition coefficient (Wildman–Crippen LogP) is 6.74. The molecule has 0 aromatic rings. The highest BCUT2D eigenvalue weighted by molar-refractivity contribution is 7.47. The Bertz CT molecular complexity index is 1420. The molecule has 1 saturated heterocycles. The van der Waals surface area contributed by atoms with Crippen molar-refractivity contribution in [3.63, 3.8) is 0 Å². The third-order valence-electron chi connectivity index (χ3n) is 13.4. The van der Waals surface area contributed by atoms with Gasteiger partial charge in [0.15, 0.2) is 12.4 Å². The van der Waals surface area contributed by atoms with E-state index in [0.29, 0.717) is 12.8 Å². The molecule has 0 radical (unpaired) electrons. The maximum atomic E-state index is 13.4. The normalized spacial score (nSPS) is 27.9. The van der Waals surface area contributed by atoms with E-state index in [1.54, 1.807) is 0 Å². The second-order valence-electron chi connectivity index (χ2n) is 19.7. The fourth-order valence-electron chi connectivity index (χ4n) is 8.83. The predicted molar refractivity (Wildman–Crippen MR) is 263 cm³/mol. The van der Waals surface area contributed by atoms with Crippen molar-refractivity contribution in [2.75, 3.05) is 19.8 Å². The van der Waals surface area contributed by atoms with Gasteiger partial charge in [-0.25, -0.2) is 4.57 Å². The average molecular weight is 1030 g/mol. The number of phosphoric acid groups is 1. The van der Waals surface area contributed by atoms with Crippen molar-refractivity contribution < 1.29 is 87.9 Å². The molecule has 0 bridgehead atoms. The van der Waals surface area contributed by atoms with Crippen molar-refractivity contribution in [3.05, 3.63) is 12.2 Å². The van der Waals surface area contributed by atoms with Crippen LogP contribution in [0, 0.1) is 5.92 Å². The van der Waals surface area contributed by atoms with Crippen LogP contribution in [0.3, 0.4) is 0 Å². The zero-order chi connectivity index (χ0) is 51.7. The number of phosphoric ester groups is 1. The number of aliphatic hydroxyl groups excluding tert-OH is 8. The summed E-state index contributed by atoms with van der Waals surface area (Å²) in [7, 11) is -5.38. The van der Waals surface area contributed by atoms with E-state index in [4.69, 9.17) is 28.0 Å². The number of rotatable bonds is 41. The van der Waals surface area contributed by atoms with Gasteiger partial charge in [0.1, 0.15) is 67.6 Å². The molecule has 70 heavy (non-hydrogen) atoms. The summed E-state index contributed by atoms with van der Waals surface area (Å²) in [6, 6.07) is 0. The van der Waals surface area contributed by atoms with Gasteiger partial charge in [0, 0.05) is 12.8 Å². The summed E-state index contributed by atoms with van der Waals surface area (Å²) < 4.78 is 45.5. The summed E-state index contributed by atoms with van der Waals surface area (Å²) in [4.78, 5) is 36.6. The number of carbonyl (C=O) groups is 2. The first kappa shape index (κ1) is 64.5. The molecule has 2 fully saturated rings. The SMILES string of the molecule is CCCCCCCCC/C=C\CCCCCC(=O)OCC(COP(=O)(O)OC1C(O)C(O)C(O)C(O)C1OC1OC(CO)C(O)C(O)C1O)OC(=O)CCCCCCCCC(C)CCCCCCCC. The molecule has 1 heterocycles. The Hall–Kier alpha value is -1.61. The average Bonchev–Trinajstić information content (AvgIpc) is 3.33. The lowest BCUT2D eigenvalue weighted by molar-refractivity contribution is -0.338. The summed E-state index contributed by atoms with van der Waals surface area (Å²) in [6.07, 6.45) is 10.1. The molecule has 0 aromatic carbocycles. The fourth-order valence-corrected chi connectivity index (χ4v) is 9.79. The molecule has 0 aromatic heterocycles. The molecule has 1 aliphatic heterocycles. The Morgan fingerprint density at radius 1 is 0.571 bits per heavy atom. The Morgan fingerprint density at radius 2 is 1.03 bits per heavy atom. The van der Waals surface area contributed by atoms with Gasteiger partial charge in [-0.3, -0.25) is 18.6 Å². The Labute approximate surface area is 418 Å². The maximum absolute atomic E-state index is 13.4. The zero-order valence-electron chi connectivity index (χ0n) is 42.7. The third-order valence-corrected chi connectivity index (χ3v) is 14.3. The second kappa shape index (κ2) is 38.0. The first-order valence-corrected chi connectivity index (χ1v) is 28.4. The molecule has 2 aliphatic rings. The number of unbranched alkanes of at least 4 members (excludes halogenated alkanes) is 20. The number of carbonyl (C=O) groups excluding carboxylic acids is 2. The molecule has 0 amide bonds. The van der Waals surface area contributed by atoms with Gasteiger partial charge in [0.05, 0.1) is 13.2 Å². The minimum Gasteiger partial charge on any atom is -0.462 e. The summed E-state index contributed by atoms with van der Waals surface area (Å²) >= 11 is 0. The van der Waals surface area contributed by atoms with Crippen molar-refractivity contribution in [1.29, 1.82) is 0 Å². The van der Waals surface area contributed by atoms with E-state index in [1.165, 1.54) is 103 Å². The van der Waals surface area contributed by atoms with Crippen molar-refractivity contribution >= 4 is 19.8 Å². The smallest absolute Gasteiger partial charge is 0.462 e. The van der Waals surface area contributed by atoms with Crippen LogP contribution < -0.4 is 0 Å². The highest BCUT2D eigenvalue weighted by Gasteiger charge is 2.55. The maximum Gasteiger partial charge on any atom is 0.472 e. The number of allylic oxidation sites excluding steroid dienone is 2. The van der Waals surface area contributed by atoms with Gasteiger partial charge >= 0.3 is 19.8 Å². The van der Waals surface area contributed by atoms with E-state index in [1.807, 2.05) is 0 Å². The number of hydrogen-bond acceptors (Lipinski definition) is 17. The molecule has 9 N–H and O–H groups in total. The first-order valence-electron chi connectivity index (χ1n) is 26.9. The third kappa shape index (κ3) is 26.6. The van der Waals surface area contributed by atoms with Crippen LogP contribution in [0.5, 0.6) is 0 Å². The van der Waals surface area contributed by atoms with Crippen molar-refractivity contribution in [3.8, 4) is 0 Å². The number of aliphatic hydroxyl groups is 8. The van der Waals surface area contributed by atoms with E-state index in [-0.39, 0.29) is 12.8 Å². The van der Waals surface area contributed by atoms with E-state index in [9.17, 15) is 59.9 Å². The van der Waals surface area contributed by atoms with Crippen LogP contribution in [-0.2, 0) is 42.1 Å². The van der Waals surface area contributed by atoms with Gasteiger partial charge in [0.2, 0.25) is 0 Å². The van der Waals surface area contributed by atoms with E-state index in [0.717, 1.165) is 57.3 Å². The van der Waals surface area contributed by atoms with Gasteiger partial charge in [-0.15, -0.1) is 0 Å². The van der Waals surface area contributed by atoms with E-state index >= 15 is 0 Å². The van der Waals surface area contributed by atoms with Crippen LogP contribution in [0.25, 0.3) is 0 Å². The largest absolute Gasteiger partial charge is 0.472 e. The summed E-state index contributed by atoms with van der Waals surface area (Å²) in [5.74, 6) is -0.511. The number of ether oxygens (including phenoxy) is 4. The lowest BCUT2D eigenvalue weighted by Gasteiger charge is -2.47. The van der Waals surface area contributed by atoms with Crippen molar-refractivity contribution in [2.45, 2.75) is 274 Å². The van der Waals surface area contributed by atoms with Crippen molar-refractivity contribution in [2.24, 2.45) is 5.92 Å². The number of hydrogen-bond donors (Lipinski definition) is 9. The Morgan fingerprint density at radius 3 is 1.57 bits per heavy atom. The van der Waals surface area contributed by atoms with Crippen LogP contribution in [-0.4, -0.2) is 151 Å². The molecule has 1 aliphatic carbocycles. The van der Waals surface area contributed by atoms with Crippen LogP contribution in [0.1, 0.15) is 201 Å². The van der Waals surface area contributed by atoms with Gasteiger partial charge in [-0.2, -0.15) is 0 Å². The first-order chi connectivity index (χ1) is 33.6. The number of esters is 2. The molecular weight excluding hydrogens is 932 g/mol. The van der Waals surface area contributed by atoms with Crippen LogP contribution in [0.2, 0.25) is 0 Å². The minimum absolute atomic E-state index is 0.0316. The monoisotopic (exact) mass is 1030 g/mol. The summed E-state index contributed by atoms with van der Waals surface area (Å²) in [6.45, 7) is 4.55. The molecule has 19 heteroatoms. The second-order valence-corrected chi connectivity index (χ2v) is 21.1. The van der Waals surface area contributed by atoms with Crippen molar-refractivity contribution in [1.82, 2.24) is 0 Å². The quantitative estimate of drug-likeness (QED) is 0.0133. The molecule has 18 nitrogen and oxygen atoms in total. The standard InChI is InChI=1S/C51H95O18P/c1-4-6-8-10-12-13-14-15-16-17-18-19-24-28-32-40(53)64-35-38(66-41(54)33-29-25-21-20-23-27-31-37(3)30-26-22-11-9-7-5-2)36-65-70(62,63)69-50-47(60)45(58)44(57)46(59)49(50)68-51-48(61)43(56)42(55)39(34-52)67-51/h16-17,37-39,42-52,55-61H,4-15,18-36H2,1-3H3,(H,62,63)/b17-16-. The molecule has 14 unspecified atom stereocenters. The van der Waals surface area contributed by atoms with Crippen LogP contribution >= 0.6 is 7.82 Å². The molecule has 0 spiro atoms. The van der Waals surface area contributed by atoms with Gasteiger partial charge in [-0.05, 0) is 44.4 Å². The van der Waals surface area contributed by atoms with E-state index < -0.39 is 113 Å². The minimum atomic E-state index is -5.38. The fraction of sp³-hybridized carbons (Fsp3) is 0.922. The van der Waals surface area contributed by atoms with Crippen LogP contribution in [0.15, 0.2) is 12.2 Å². The molecule has 1 saturated carbocycles. The molecular formula is C51H95O18P. The highest BCUT2D eigenvalue weighted by Crippen LogP contribution is 2.48. The molecule has 14 atom stereocenters. The van der Waals surface area contributed by atoms with Crippen LogP contribution in [0.4, 0.5) is 0 Å². The van der Waals surface area contributed by atoms with Gasteiger partial charge in [-0.1, -0.05) is 161 Å². The lowest BCUT2D eigenvalue weighted by Crippen LogP contribution is -2.67. The summed E-state index contributed by atoms with van der Waals surface area (Å²) in [5, 5.41) is 83.1. The van der Waals surface area contributed by atoms with Gasteiger partial charge in [0.25, 0.3) is 0 Å². The van der Waals surface area contributed by atoms with E-state index in [2.05, 4.69) is 32.9 Å².